The SMILES string of the molecule is CCCCCCCCN1CCCC1CN. The van der Waals surface area contributed by atoms with Gasteiger partial charge < -0.3 is 5.73 Å². The van der Waals surface area contributed by atoms with E-state index >= 15 is 0 Å². The van der Waals surface area contributed by atoms with Crippen molar-refractivity contribution >= 4 is 0 Å². The van der Waals surface area contributed by atoms with E-state index in [4.69, 9.17) is 5.73 Å². The molecule has 2 heteroatoms. The topological polar surface area (TPSA) is 29.3 Å². The number of nitrogens with two attached hydrogens (primary N) is 1. The fourth-order valence-corrected chi connectivity index (χ4v) is 2.55. The van der Waals surface area contributed by atoms with Crippen molar-refractivity contribution < 1.29 is 0 Å². The second kappa shape index (κ2) is 8.12. The zero-order valence-corrected chi connectivity index (χ0v) is 10.4. The first-order valence-corrected chi connectivity index (χ1v) is 6.82. The van der Waals surface area contributed by atoms with Gasteiger partial charge in [0, 0.05) is 12.6 Å². The van der Waals surface area contributed by atoms with Crippen LogP contribution in [-0.2, 0) is 0 Å². The van der Waals surface area contributed by atoms with Crippen molar-refractivity contribution in [3.63, 3.8) is 0 Å². The summed E-state index contributed by atoms with van der Waals surface area (Å²) in [5.74, 6) is 0. The summed E-state index contributed by atoms with van der Waals surface area (Å²) in [7, 11) is 0. The van der Waals surface area contributed by atoms with Crippen molar-refractivity contribution in [1.29, 1.82) is 0 Å². The molecule has 0 saturated carbocycles. The molecule has 2 N–H and O–H groups in total. The van der Waals surface area contributed by atoms with Gasteiger partial charge >= 0.3 is 0 Å². The molecule has 1 rings (SSSR count). The maximum atomic E-state index is 5.75. The largest absolute Gasteiger partial charge is 0.329 e. The second-order valence-corrected chi connectivity index (χ2v) is 4.84. The molecular weight excluding hydrogens is 184 g/mol. The predicted octanol–water partition coefficient (Wildman–Crippen LogP) is 2.77. The third kappa shape index (κ3) is 4.98. The van der Waals surface area contributed by atoms with Crippen molar-refractivity contribution in [1.82, 2.24) is 4.90 Å². The Hall–Kier alpha value is -0.0800. The highest BCUT2D eigenvalue weighted by Crippen LogP contribution is 2.17. The van der Waals surface area contributed by atoms with Gasteiger partial charge in [0.2, 0.25) is 0 Å². The van der Waals surface area contributed by atoms with E-state index < -0.39 is 0 Å². The lowest BCUT2D eigenvalue weighted by Gasteiger charge is -2.22. The molecule has 0 spiro atoms. The van der Waals surface area contributed by atoms with Crippen LogP contribution in [0.25, 0.3) is 0 Å². The Morgan fingerprint density at radius 3 is 2.60 bits per heavy atom. The number of hydrogen-bond donors (Lipinski definition) is 1. The van der Waals surface area contributed by atoms with Crippen LogP contribution in [0.15, 0.2) is 0 Å². The van der Waals surface area contributed by atoms with Crippen LogP contribution in [0, 0.1) is 0 Å². The van der Waals surface area contributed by atoms with Crippen LogP contribution in [0.1, 0.15) is 58.3 Å². The van der Waals surface area contributed by atoms with E-state index in [1.165, 1.54) is 64.5 Å². The fourth-order valence-electron chi connectivity index (χ4n) is 2.55. The van der Waals surface area contributed by atoms with Gasteiger partial charge in [0.05, 0.1) is 0 Å². The van der Waals surface area contributed by atoms with Crippen molar-refractivity contribution in [2.75, 3.05) is 19.6 Å². The monoisotopic (exact) mass is 212 g/mol. The van der Waals surface area contributed by atoms with Gasteiger partial charge in [-0.05, 0) is 32.4 Å². The summed E-state index contributed by atoms with van der Waals surface area (Å²) in [5, 5.41) is 0. The Kier molecular flexibility index (Phi) is 7.03. The van der Waals surface area contributed by atoms with Crippen molar-refractivity contribution in [3.05, 3.63) is 0 Å². The minimum absolute atomic E-state index is 0.695. The highest BCUT2D eigenvalue weighted by molar-refractivity contribution is 4.79. The summed E-state index contributed by atoms with van der Waals surface area (Å²) < 4.78 is 0. The van der Waals surface area contributed by atoms with Crippen LogP contribution in [0.5, 0.6) is 0 Å². The van der Waals surface area contributed by atoms with Gasteiger partial charge in [-0.25, -0.2) is 0 Å². The van der Waals surface area contributed by atoms with E-state index in [1.807, 2.05) is 0 Å². The Morgan fingerprint density at radius 1 is 1.13 bits per heavy atom. The Bertz CT molecular complexity index is 147. The zero-order chi connectivity index (χ0) is 10.9. The van der Waals surface area contributed by atoms with Gasteiger partial charge in [-0.3, -0.25) is 4.90 Å². The molecule has 90 valence electrons. The minimum Gasteiger partial charge on any atom is -0.329 e. The third-order valence-electron chi connectivity index (χ3n) is 3.57. The highest BCUT2D eigenvalue weighted by atomic mass is 15.2. The molecule has 0 aromatic carbocycles. The summed E-state index contributed by atoms with van der Waals surface area (Å²) in [4.78, 5) is 2.60. The molecule has 0 radical (unpaired) electrons. The van der Waals surface area contributed by atoms with Crippen LogP contribution in [0.2, 0.25) is 0 Å². The number of unbranched alkanes of at least 4 members (excludes halogenated alkanes) is 5. The van der Waals surface area contributed by atoms with Gasteiger partial charge in [-0.15, -0.1) is 0 Å². The van der Waals surface area contributed by atoms with Gasteiger partial charge in [-0.1, -0.05) is 39.0 Å². The van der Waals surface area contributed by atoms with Crippen LogP contribution in [0.3, 0.4) is 0 Å². The standard InChI is InChI=1S/C13H28N2/c1-2-3-4-5-6-7-10-15-11-8-9-13(15)12-14/h13H,2-12,14H2,1H3. The van der Waals surface area contributed by atoms with E-state index in [9.17, 15) is 0 Å². The Labute approximate surface area is 95.2 Å². The molecule has 15 heavy (non-hydrogen) atoms. The normalized spacial score (nSPS) is 22.4. The summed E-state index contributed by atoms with van der Waals surface area (Å²) in [6, 6.07) is 0.695. The molecule has 1 aliphatic heterocycles. The van der Waals surface area contributed by atoms with Crippen molar-refractivity contribution in [3.8, 4) is 0 Å². The first-order chi connectivity index (χ1) is 7.38. The molecule has 0 aromatic rings. The Balaban J connectivity index is 1.95. The van der Waals surface area contributed by atoms with E-state index in [-0.39, 0.29) is 0 Å². The average molecular weight is 212 g/mol. The lowest BCUT2D eigenvalue weighted by atomic mass is 10.1. The molecule has 2 nitrogen and oxygen atoms in total. The van der Waals surface area contributed by atoms with E-state index in [1.54, 1.807) is 0 Å². The van der Waals surface area contributed by atoms with Crippen LogP contribution in [-0.4, -0.2) is 30.6 Å². The van der Waals surface area contributed by atoms with Crippen LogP contribution in [0.4, 0.5) is 0 Å². The zero-order valence-electron chi connectivity index (χ0n) is 10.4. The van der Waals surface area contributed by atoms with Gasteiger partial charge in [0.1, 0.15) is 0 Å². The number of rotatable bonds is 8. The minimum atomic E-state index is 0.695. The van der Waals surface area contributed by atoms with Gasteiger partial charge in [0.25, 0.3) is 0 Å². The lowest BCUT2D eigenvalue weighted by Crippen LogP contribution is -2.35. The molecule has 1 aliphatic rings. The van der Waals surface area contributed by atoms with Gasteiger partial charge in [0.15, 0.2) is 0 Å². The Morgan fingerprint density at radius 2 is 1.87 bits per heavy atom. The van der Waals surface area contributed by atoms with E-state index in [0.29, 0.717) is 6.04 Å². The molecule has 1 saturated heterocycles. The summed E-state index contributed by atoms with van der Waals surface area (Å²) in [6.07, 6.45) is 11.1. The fraction of sp³-hybridized carbons (Fsp3) is 1.00. The molecular formula is C13H28N2. The smallest absolute Gasteiger partial charge is 0.0218 e. The van der Waals surface area contributed by atoms with E-state index in [0.717, 1.165) is 6.54 Å². The van der Waals surface area contributed by atoms with Crippen LogP contribution < -0.4 is 5.73 Å². The summed E-state index contributed by atoms with van der Waals surface area (Å²) in [5.41, 5.74) is 5.75. The molecule has 0 bridgehead atoms. The molecule has 0 aromatic heterocycles. The average Bonchev–Trinajstić information content (AvgIpc) is 2.70. The molecule has 1 heterocycles. The third-order valence-corrected chi connectivity index (χ3v) is 3.57. The first kappa shape index (κ1) is 13.0. The van der Waals surface area contributed by atoms with Crippen molar-refractivity contribution in [2.24, 2.45) is 5.73 Å². The molecule has 1 unspecified atom stereocenters. The van der Waals surface area contributed by atoms with Gasteiger partial charge in [-0.2, -0.15) is 0 Å². The maximum Gasteiger partial charge on any atom is 0.0218 e. The number of hydrogen-bond acceptors (Lipinski definition) is 2. The summed E-state index contributed by atoms with van der Waals surface area (Å²) >= 11 is 0. The quantitative estimate of drug-likeness (QED) is 0.627. The highest BCUT2D eigenvalue weighted by Gasteiger charge is 2.21. The number of nitrogens with zero attached hydrogens (tertiary/aromatic N) is 1. The molecule has 1 atom stereocenters. The predicted molar refractivity (Wildman–Crippen MR) is 67.0 cm³/mol. The first-order valence-electron chi connectivity index (χ1n) is 6.82. The summed E-state index contributed by atoms with van der Waals surface area (Å²) in [6.45, 7) is 5.71. The molecule has 1 fully saturated rings. The number of likely N-dealkylation sites (tertiary alicyclic amines) is 1. The maximum absolute atomic E-state index is 5.75. The van der Waals surface area contributed by atoms with Crippen molar-refractivity contribution in [2.45, 2.75) is 64.3 Å². The van der Waals surface area contributed by atoms with E-state index in [2.05, 4.69) is 11.8 Å². The lowest BCUT2D eigenvalue weighted by molar-refractivity contribution is 0.252. The second-order valence-electron chi connectivity index (χ2n) is 4.84. The molecule has 0 aliphatic carbocycles. The molecule has 0 amide bonds. The van der Waals surface area contributed by atoms with Crippen LogP contribution >= 0.6 is 0 Å².